The van der Waals surface area contributed by atoms with Crippen LogP contribution in [0.4, 0.5) is 8.78 Å². The standard InChI is InChI=1S/C13H24F2N2O2/c1-2-7-17(11-4-3-6-16-9-11)13(18)5-8-19-10-12(14)15/h11-12,16H,2-10H2,1H3. The van der Waals surface area contributed by atoms with Gasteiger partial charge in [-0.2, -0.15) is 0 Å². The Morgan fingerprint density at radius 2 is 2.32 bits per heavy atom. The summed E-state index contributed by atoms with van der Waals surface area (Å²) in [5.41, 5.74) is 0. The average molecular weight is 278 g/mol. The first-order valence-electron chi connectivity index (χ1n) is 7.01. The molecule has 1 saturated heterocycles. The molecule has 1 atom stereocenters. The van der Waals surface area contributed by atoms with Gasteiger partial charge in [-0.15, -0.1) is 0 Å². The number of hydrogen-bond acceptors (Lipinski definition) is 3. The molecule has 1 unspecified atom stereocenters. The minimum Gasteiger partial charge on any atom is -0.375 e. The molecule has 1 rings (SSSR count). The Morgan fingerprint density at radius 1 is 1.53 bits per heavy atom. The molecule has 1 N–H and O–H groups in total. The van der Waals surface area contributed by atoms with Crippen molar-refractivity contribution < 1.29 is 18.3 Å². The highest BCUT2D eigenvalue weighted by molar-refractivity contribution is 5.76. The van der Waals surface area contributed by atoms with Crippen LogP contribution in [0, 0.1) is 0 Å². The summed E-state index contributed by atoms with van der Waals surface area (Å²) in [5.74, 6) is 0.00446. The number of nitrogens with zero attached hydrogens (tertiary/aromatic N) is 1. The fraction of sp³-hybridized carbons (Fsp3) is 0.923. The van der Waals surface area contributed by atoms with Crippen LogP contribution in [0.1, 0.15) is 32.6 Å². The number of carbonyl (C=O) groups is 1. The number of rotatable bonds is 8. The maximum Gasteiger partial charge on any atom is 0.261 e. The number of piperidine rings is 1. The van der Waals surface area contributed by atoms with Crippen LogP contribution in [0.25, 0.3) is 0 Å². The van der Waals surface area contributed by atoms with E-state index in [1.807, 2.05) is 11.8 Å². The van der Waals surface area contributed by atoms with Crippen LogP contribution in [0.5, 0.6) is 0 Å². The molecule has 19 heavy (non-hydrogen) atoms. The summed E-state index contributed by atoms with van der Waals surface area (Å²) >= 11 is 0. The topological polar surface area (TPSA) is 41.6 Å². The van der Waals surface area contributed by atoms with Gasteiger partial charge in [-0.3, -0.25) is 4.79 Å². The third-order valence-electron chi connectivity index (χ3n) is 3.20. The second-order valence-electron chi connectivity index (χ2n) is 4.80. The van der Waals surface area contributed by atoms with Gasteiger partial charge < -0.3 is 15.0 Å². The first-order chi connectivity index (χ1) is 9.15. The lowest BCUT2D eigenvalue weighted by Crippen LogP contribution is -2.49. The van der Waals surface area contributed by atoms with Crippen LogP contribution in [-0.4, -0.2) is 56.1 Å². The normalized spacial score (nSPS) is 19.7. The van der Waals surface area contributed by atoms with Crippen LogP contribution in [0.2, 0.25) is 0 Å². The monoisotopic (exact) mass is 278 g/mol. The maximum absolute atomic E-state index is 12.1. The number of alkyl halides is 2. The third kappa shape index (κ3) is 6.29. The summed E-state index contributed by atoms with van der Waals surface area (Å²) in [6.45, 7) is 4.06. The first-order valence-corrected chi connectivity index (χ1v) is 7.01. The SMILES string of the molecule is CCCN(C(=O)CCOCC(F)F)C1CCCNC1. The molecular formula is C13H24F2N2O2. The summed E-state index contributed by atoms with van der Waals surface area (Å²) in [7, 11) is 0. The summed E-state index contributed by atoms with van der Waals surface area (Å²) in [4.78, 5) is 14.0. The molecule has 1 aliphatic rings. The molecule has 0 radical (unpaired) electrons. The van der Waals surface area contributed by atoms with Crippen molar-refractivity contribution in [3.8, 4) is 0 Å². The molecule has 0 spiro atoms. The van der Waals surface area contributed by atoms with Crippen LogP contribution in [0.3, 0.4) is 0 Å². The van der Waals surface area contributed by atoms with Crippen LogP contribution in [0.15, 0.2) is 0 Å². The highest BCUT2D eigenvalue weighted by Gasteiger charge is 2.24. The maximum atomic E-state index is 12.1. The molecule has 1 amide bonds. The number of ether oxygens (including phenoxy) is 1. The third-order valence-corrected chi connectivity index (χ3v) is 3.20. The van der Waals surface area contributed by atoms with E-state index >= 15 is 0 Å². The lowest BCUT2D eigenvalue weighted by molar-refractivity contribution is -0.135. The van der Waals surface area contributed by atoms with Crippen LogP contribution < -0.4 is 5.32 Å². The number of carbonyl (C=O) groups excluding carboxylic acids is 1. The van der Waals surface area contributed by atoms with E-state index in [4.69, 9.17) is 4.74 Å². The van der Waals surface area contributed by atoms with Gasteiger partial charge >= 0.3 is 0 Å². The van der Waals surface area contributed by atoms with Gasteiger partial charge in [0.1, 0.15) is 6.61 Å². The molecule has 0 aliphatic carbocycles. The summed E-state index contributed by atoms with van der Waals surface area (Å²) in [6.07, 6.45) is 0.699. The van der Waals surface area contributed by atoms with Gasteiger partial charge in [-0.05, 0) is 25.8 Å². The fourth-order valence-corrected chi connectivity index (χ4v) is 2.33. The lowest BCUT2D eigenvalue weighted by atomic mass is 10.1. The molecule has 1 heterocycles. The van der Waals surface area contributed by atoms with Gasteiger partial charge in [0.15, 0.2) is 0 Å². The molecule has 0 aromatic rings. The molecular weight excluding hydrogens is 254 g/mol. The predicted octanol–water partition coefficient (Wildman–Crippen LogP) is 1.65. The first kappa shape index (κ1) is 16.3. The van der Waals surface area contributed by atoms with E-state index in [1.54, 1.807) is 0 Å². The smallest absolute Gasteiger partial charge is 0.261 e. The van der Waals surface area contributed by atoms with Gasteiger partial charge in [-0.25, -0.2) is 8.78 Å². The van der Waals surface area contributed by atoms with Crippen LogP contribution >= 0.6 is 0 Å². The molecule has 1 aliphatic heterocycles. The average Bonchev–Trinajstić information content (AvgIpc) is 2.41. The van der Waals surface area contributed by atoms with E-state index in [0.717, 1.165) is 38.9 Å². The molecule has 0 aromatic carbocycles. The number of hydrogen-bond donors (Lipinski definition) is 1. The van der Waals surface area contributed by atoms with Gasteiger partial charge in [0.2, 0.25) is 5.91 Å². The Morgan fingerprint density at radius 3 is 2.89 bits per heavy atom. The molecule has 0 saturated carbocycles. The molecule has 0 aromatic heterocycles. The highest BCUT2D eigenvalue weighted by Crippen LogP contribution is 2.12. The van der Waals surface area contributed by atoms with Crippen LogP contribution in [-0.2, 0) is 9.53 Å². The molecule has 0 bridgehead atoms. The zero-order valence-corrected chi connectivity index (χ0v) is 11.5. The predicted molar refractivity (Wildman–Crippen MR) is 69.3 cm³/mol. The van der Waals surface area contributed by atoms with E-state index in [9.17, 15) is 13.6 Å². The van der Waals surface area contributed by atoms with Crippen molar-refractivity contribution in [1.29, 1.82) is 0 Å². The minimum absolute atomic E-state index is 0.00446. The Kier molecular flexibility index (Phi) is 7.90. The van der Waals surface area contributed by atoms with Crippen molar-refractivity contribution in [3.63, 3.8) is 0 Å². The van der Waals surface area contributed by atoms with Crippen molar-refractivity contribution in [2.45, 2.75) is 45.1 Å². The zero-order chi connectivity index (χ0) is 14.1. The Bertz CT molecular complexity index is 259. The Labute approximate surface area is 113 Å². The molecule has 6 heteroatoms. The van der Waals surface area contributed by atoms with Gasteiger partial charge in [0.25, 0.3) is 6.43 Å². The van der Waals surface area contributed by atoms with Gasteiger partial charge in [0.05, 0.1) is 13.0 Å². The summed E-state index contributed by atoms with van der Waals surface area (Å²) in [5, 5.41) is 3.29. The molecule has 1 fully saturated rings. The highest BCUT2D eigenvalue weighted by atomic mass is 19.3. The molecule has 112 valence electrons. The van der Waals surface area contributed by atoms with Crippen molar-refractivity contribution in [1.82, 2.24) is 10.2 Å². The zero-order valence-electron chi connectivity index (χ0n) is 11.5. The largest absolute Gasteiger partial charge is 0.375 e. The fourth-order valence-electron chi connectivity index (χ4n) is 2.33. The Hall–Kier alpha value is -0.750. The van der Waals surface area contributed by atoms with E-state index < -0.39 is 13.0 Å². The number of halogens is 2. The van der Waals surface area contributed by atoms with E-state index in [-0.39, 0.29) is 25.0 Å². The summed E-state index contributed by atoms with van der Waals surface area (Å²) < 4.78 is 28.6. The second kappa shape index (κ2) is 9.20. The van der Waals surface area contributed by atoms with Gasteiger partial charge in [-0.1, -0.05) is 6.92 Å². The quantitative estimate of drug-likeness (QED) is 0.686. The van der Waals surface area contributed by atoms with Crippen molar-refractivity contribution >= 4 is 5.91 Å². The van der Waals surface area contributed by atoms with E-state index in [0.29, 0.717) is 0 Å². The molecule has 4 nitrogen and oxygen atoms in total. The summed E-state index contributed by atoms with van der Waals surface area (Å²) in [6, 6.07) is 0.233. The minimum atomic E-state index is -2.47. The number of amides is 1. The van der Waals surface area contributed by atoms with Crippen molar-refractivity contribution in [2.24, 2.45) is 0 Å². The Balaban J connectivity index is 2.34. The van der Waals surface area contributed by atoms with Gasteiger partial charge in [0, 0.05) is 19.1 Å². The lowest BCUT2D eigenvalue weighted by Gasteiger charge is -2.34. The van der Waals surface area contributed by atoms with E-state index in [1.165, 1.54) is 0 Å². The second-order valence-corrected chi connectivity index (χ2v) is 4.80. The van der Waals surface area contributed by atoms with Crippen molar-refractivity contribution in [2.75, 3.05) is 32.8 Å². The van der Waals surface area contributed by atoms with Crippen molar-refractivity contribution in [3.05, 3.63) is 0 Å². The van der Waals surface area contributed by atoms with E-state index in [2.05, 4.69) is 5.32 Å². The number of nitrogens with one attached hydrogen (secondary N) is 1.